The average molecular weight is 336 g/mol. The highest BCUT2D eigenvalue weighted by molar-refractivity contribution is 5.77. The van der Waals surface area contributed by atoms with E-state index in [1.54, 1.807) is 0 Å². The van der Waals surface area contributed by atoms with Crippen LogP contribution in [-0.4, -0.2) is 30.9 Å². The zero-order valence-corrected chi connectivity index (χ0v) is 15.2. The molecule has 1 fully saturated rings. The zero-order valence-electron chi connectivity index (χ0n) is 15.2. The van der Waals surface area contributed by atoms with E-state index in [1.807, 2.05) is 30.3 Å². The molecule has 3 rings (SSSR count). The maximum Gasteiger partial charge on any atom is 0.221 e. The van der Waals surface area contributed by atoms with Crippen LogP contribution >= 0.6 is 0 Å². The van der Waals surface area contributed by atoms with Gasteiger partial charge in [-0.1, -0.05) is 54.6 Å². The van der Waals surface area contributed by atoms with Gasteiger partial charge < -0.3 is 10.2 Å². The van der Waals surface area contributed by atoms with Crippen LogP contribution in [-0.2, 0) is 4.79 Å². The summed E-state index contributed by atoms with van der Waals surface area (Å²) >= 11 is 0. The van der Waals surface area contributed by atoms with Crippen LogP contribution < -0.4 is 5.32 Å². The molecule has 132 valence electrons. The summed E-state index contributed by atoms with van der Waals surface area (Å²) in [5, 5.41) is 3.30. The van der Waals surface area contributed by atoms with Gasteiger partial charge in [0.25, 0.3) is 0 Å². The van der Waals surface area contributed by atoms with Crippen molar-refractivity contribution in [1.82, 2.24) is 10.2 Å². The number of aryl methyl sites for hydroxylation is 1. The van der Waals surface area contributed by atoms with Crippen LogP contribution in [0.1, 0.15) is 42.0 Å². The minimum absolute atomic E-state index is 0.0823. The average Bonchev–Trinajstić information content (AvgIpc) is 2.63. The highest BCUT2D eigenvalue weighted by atomic mass is 16.1. The van der Waals surface area contributed by atoms with Gasteiger partial charge in [0.2, 0.25) is 5.91 Å². The van der Waals surface area contributed by atoms with E-state index >= 15 is 0 Å². The maximum atomic E-state index is 12.7. The molecule has 25 heavy (non-hydrogen) atoms. The molecule has 1 aliphatic heterocycles. The first-order valence-electron chi connectivity index (χ1n) is 9.22. The van der Waals surface area contributed by atoms with Crippen LogP contribution in [0.4, 0.5) is 0 Å². The molecule has 0 radical (unpaired) electrons. The molecule has 0 unspecified atom stereocenters. The summed E-state index contributed by atoms with van der Waals surface area (Å²) in [6.45, 7) is 4.30. The Balaban J connectivity index is 1.74. The Bertz CT molecular complexity index is 690. The molecule has 1 atom stereocenters. The van der Waals surface area contributed by atoms with Crippen molar-refractivity contribution in [2.24, 2.45) is 5.92 Å². The number of piperidine rings is 1. The molecule has 3 nitrogen and oxygen atoms in total. The predicted molar refractivity (Wildman–Crippen MR) is 102 cm³/mol. The molecule has 0 aliphatic carbocycles. The van der Waals surface area contributed by atoms with Gasteiger partial charge in [-0.3, -0.25) is 4.79 Å². The van der Waals surface area contributed by atoms with Crippen LogP contribution in [0, 0.1) is 12.8 Å². The lowest BCUT2D eigenvalue weighted by Crippen LogP contribution is -2.35. The second-order valence-electron chi connectivity index (χ2n) is 7.22. The summed E-state index contributed by atoms with van der Waals surface area (Å²) in [6.07, 6.45) is 2.86. The number of benzene rings is 2. The third-order valence-electron chi connectivity index (χ3n) is 5.25. The third kappa shape index (κ3) is 4.70. The van der Waals surface area contributed by atoms with Crippen LogP contribution in [0.5, 0.6) is 0 Å². The van der Waals surface area contributed by atoms with Crippen molar-refractivity contribution in [2.45, 2.75) is 32.2 Å². The fourth-order valence-electron chi connectivity index (χ4n) is 3.65. The highest BCUT2D eigenvalue weighted by Crippen LogP contribution is 2.26. The molecule has 1 aliphatic rings. The normalized spacial score (nSPS) is 17.2. The predicted octanol–water partition coefficient (Wildman–Crippen LogP) is 3.93. The van der Waals surface area contributed by atoms with Crippen molar-refractivity contribution in [3.8, 4) is 0 Å². The molecule has 0 aromatic heterocycles. The second kappa shape index (κ2) is 8.30. The number of nitrogens with zero attached hydrogens (tertiary/aromatic N) is 1. The number of carbonyl (C=O) groups is 1. The number of likely N-dealkylation sites (tertiary alicyclic amines) is 1. The van der Waals surface area contributed by atoms with Gasteiger partial charge in [-0.05, 0) is 62.5 Å². The second-order valence-corrected chi connectivity index (χ2v) is 7.22. The van der Waals surface area contributed by atoms with E-state index in [0.29, 0.717) is 12.3 Å². The minimum atomic E-state index is -0.0823. The Kier molecular flexibility index (Phi) is 5.87. The molecule has 2 aromatic rings. The first kappa shape index (κ1) is 17.7. The van der Waals surface area contributed by atoms with Gasteiger partial charge in [0, 0.05) is 6.42 Å². The first-order valence-corrected chi connectivity index (χ1v) is 9.22. The van der Waals surface area contributed by atoms with Gasteiger partial charge in [-0.2, -0.15) is 0 Å². The number of hydrogen-bond donors (Lipinski definition) is 1. The van der Waals surface area contributed by atoms with Crippen molar-refractivity contribution in [2.75, 3.05) is 20.1 Å². The van der Waals surface area contributed by atoms with Gasteiger partial charge in [-0.15, -0.1) is 0 Å². The quantitative estimate of drug-likeness (QED) is 0.897. The lowest BCUT2D eigenvalue weighted by Gasteiger charge is -2.29. The molecule has 1 N–H and O–H groups in total. The number of rotatable bonds is 5. The van der Waals surface area contributed by atoms with Crippen LogP contribution in [0.25, 0.3) is 0 Å². The van der Waals surface area contributed by atoms with Gasteiger partial charge >= 0.3 is 0 Å². The number of amides is 1. The van der Waals surface area contributed by atoms with Gasteiger partial charge in [0.1, 0.15) is 0 Å². The summed E-state index contributed by atoms with van der Waals surface area (Å²) in [5.41, 5.74) is 3.51. The van der Waals surface area contributed by atoms with Gasteiger partial charge in [-0.25, -0.2) is 0 Å². The zero-order chi connectivity index (χ0) is 17.6. The van der Waals surface area contributed by atoms with Crippen LogP contribution in [0.2, 0.25) is 0 Å². The Morgan fingerprint density at radius 2 is 1.72 bits per heavy atom. The standard InChI is InChI=1S/C22H28N2O/c1-17-8-6-7-11-20(17)22(19-9-4-3-5-10-19)23-21(25)16-18-12-14-24(2)15-13-18/h3-11,18,22H,12-16H2,1-2H3,(H,23,25)/t22-/m0/s1. The van der Waals surface area contributed by atoms with Crippen molar-refractivity contribution in [3.05, 3.63) is 71.3 Å². The Labute approximate surface area is 151 Å². The fraction of sp³-hybridized carbons (Fsp3) is 0.409. The lowest BCUT2D eigenvalue weighted by atomic mass is 9.92. The molecule has 1 heterocycles. The number of nitrogens with one attached hydrogen (secondary N) is 1. The molecule has 1 saturated heterocycles. The fourth-order valence-corrected chi connectivity index (χ4v) is 3.65. The molecular formula is C22H28N2O. The summed E-state index contributed by atoms with van der Waals surface area (Å²) < 4.78 is 0. The molecule has 1 amide bonds. The minimum Gasteiger partial charge on any atom is -0.345 e. The summed E-state index contributed by atoms with van der Waals surface area (Å²) in [6, 6.07) is 18.5. The number of carbonyl (C=O) groups excluding carboxylic acids is 1. The van der Waals surface area contributed by atoms with E-state index in [9.17, 15) is 4.79 Å². The van der Waals surface area contributed by atoms with Gasteiger partial charge in [0.15, 0.2) is 0 Å². The smallest absolute Gasteiger partial charge is 0.221 e. The summed E-state index contributed by atoms with van der Waals surface area (Å²) in [5.74, 6) is 0.663. The van der Waals surface area contributed by atoms with E-state index in [1.165, 1.54) is 11.1 Å². The molecular weight excluding hydrogens is 308 g/mol. The Morgan fingerprint density at radius 3 is 2.40 bits per heavy atom. The SMILES string of the molecule is Cc1ccccc1[C@@H](NC(=O)CC1CCN(C)CC1)c1ccccc1. The van der Waals surface area contributed by atoms with Crippen LogP contribution in [0.3, 0.4) is 0 Å². The summed E-state index contributed by atoms with van der Waals surface area (Å²) in [4.78, 5) is 15.1. The molecule has 0 spiro atoms. The molecule has 3 heteroatoms. The number of hydrogen-bond acceptors (Lipinski definition) is 2. The topological polar surface area (TPSA) is 32.3 Å². The lowest BCUT2D eigenvalue weighted by molar-refractivity contribution is -0.122. The largest absolute Gasteiger partial charge is 0.345 e. The third-order valence-corrected chi connectivity index (χ3v) is 5.25. The molecule has 0 saturated carbocycles. The highest BCUT2D eigenvalue weighted by Gasteiger charge is 2.23. The maximum absolute atomic E-state index is 12.7. The Hall–Kier alpha value is -2.13. The van der Waals surface area contributed by atoms with E-state index < -0.39 is 0 Å². The van der Waals surface area contributed by atoms with Crippen molar-refractivity contribution < 1.29 is 4.79 Å². The first-order chi connectivity index (χ1) is 12.1. The Morgan fingerprint density at radius 1 is 1.08 bits per heavy atom. The van der Waals surface area contributed by atoms with E-state index in [2.05, 4.69) is 48.5 Å². The van der Waals surface area contributed by atoms with E-state index in [0.717, 1.165) is 31.5 Å². The van der Waals surface area contributed by atoms with E-state index in [-0.39, 0.29) is 11.9 Å². The van der Waals surface area contributed by atoms with Crippen molar-refractivity contribution >= 4 is 5.91 Å². The summed E-state index contributed by atoms with van der Waals surface area (Å²) in [7, 11) is 2.15. The van der Waals surface area contributed by atoms with Crippen molar-refractivity contribution in [3.63, 3.8) is 0 Å². The van der Waals surface area contributed by atoms with Crippen LogP contribution in [0.15, 0.2) is 54.6 Å². The van der Waals surface area contributed by atoms with Crippen molar-refractivity contribution in [1.29, 1.82) is 0 Å². The van der Waals surface area contributed by atoms with E-state index in [4.69, 9.17) is 0 Å². The monoisotopic (exact) mass is 336 g/mol. The molecule has 0 bridgehead atoms. The molecule has 2 aromatic carbocycles. The van der Waals surface area contributed by atoms with Gasteiger partial charge in [0.05, 0.1) is 6.04 Å².